The van der Waals surface area contributed by atoms with Gasteiger partial charge in [-0.15, -0.1) is 0 Å². The average Bonchev–Trinajstić information content (AvgIpc) is 2.78. The maximum absolute atomic E-state index is 13.0. The zero-order valence-corrected chi connectivity index (χ0v) is 17.6. The third-order valence-electron chi connectivity index (χ3n) is 5.19. The Morgan fingerprint density at radius 3 is 2.07 bits per heavy atom. The van der Waals surface area contributed by atoms with Crippen molar-refractivity contribution in [1.82, 2.24) is 4.31 Å². The number of ketones is 1. The lowest BCUT2D eigenvalue weighted by atomic mass is 9.89. The van der Waals surface area contributed by atoms with Gasteiger partial charge in [0.25, 0.3) is 0 Å². The summed E-state index contributed by atoms with van der Waals surface area (Å²) in [6.45, 7) is 0.590. The van der Waals surface area contributed by atoms with Gasteiger partial charge in [-0.1, -0.05) is 0 Å². The number of carbonyl (C=O) groups is 1. The molecular weight excluding hydrogens is 394 g/mol. The van der Waals surface area contributed by atoms with Crippen molar-refractivity contribution in [1.29, 1.82) is 0 Å². The minimum absolute atomic E-state index is 0.0378. The normalized spacial score (nSPS) is 15.7. The lowest BCUT2D eigenvalue weighted by Gasteiger charge is -2.30. The molecule has 0 radical (unpaired) electrons. The number of hydrogen-bond donors (Lipinski definition) is 0. The monoisotopic (exact) mass is 419 g/mol. The van der Waals surface area contributed by atoms with Crippen LogP contribution >= 0.6 is 0 Å². The first kappa shape index (κ1) is 21.1. The summed E-state index contributed by atoms with van der Waals surface area (Å²) < 4.78 is 42.9. The number of methoxy groups -OCH3 is 3. The zero-order chi connectivity index (χ0) is 21.0. The van der Waals surface area contributed by atoms with Crippen molar-refractivity contribution in [3.05, 3.63) is 48.0 Å². The number of benzene rings is 2. The first-order valence-corrected chi connectivity index (χ1v) is 10.7. The van der Waals surface area contributed by atoms with Crippen LogP contribution in [0.1, 0.15) is 23.2 Å². The molecule has 0 atom stereocenters. The average molecular weight is 419 g/mol. The molecule has 2 aromatic carbocycles. The van der Waals surface area contributed by atoms with Crippen LogP contribution in [0.5, 0.6) is 17.2 Å². The molecule has 29 heavy (non-hydrogen) atoms. The maximum Gasteiger partial charge on any atom is 0.243 e. The molecule has 1 saturated heterocycles. The van der Waals surface area contributed by atoms with Crippen LogP contribution in [0.25, 0.3) is 0 Å². The molecule has 1 heterocycles. The highest BCUT2D eigenvalue weighted by molar-refractivity contribution is 7.89. The Hall–Kier alpha value is -2.58. The fourth-order valence-corrected chi connectivity index (χ4v) is 4.96. The molecule has 156 valence electrons. The Labute approximate surface area is 171 Å². The fraction of sp³-hybridized carbons (Fsp3) is 0.381. The van der Waals surface area contributed by atoms with E-state index in [1.807, 2.05) is 0 Å². The van der Waals surface area contributed by atoms with E-state index < -0.39 is 10.0 Å². The van der Waals surface area contributed by atoms with Crippen molar-refractivity contribution in [3.63, 3.8) is 0 Å². The van der Waals surface area contributed by atoms with E-state index in [9.17, 15) is 13.2 Å². The molecule has 0 spiro atoms. The number of ether oxygens (including phenoxy) is 3. The summed E-state index contributed by atoms with van der Waals surface area (Å²) in [6.07, 6.45) is 0.967. The zero-order valence-electron chi connectivity index (χ0n) is 16.8. The second kappa shape index (κ2) is 8.84. The molecule has 0 aromatic heterocycles. The number of nitrogens with zero attached hydrogens (tertiary/aromatic N) is 1. The van der Waals surface area contributed by atoms with E-state index in [4.69, 9.17) is 14.2 Å². The molecule has 0 amide bonds. The molecule has 3 rings (SSSR count). The topological polar surface area (TPSA) is 82.1 Å². The predicted octanol–water partition coefficient (Wildman–Crippen LogP) is 3.00. The Morgan fingerprint density at radius 1 is 0.897 bits per heavy atom. The van der Waals surface area contributed by atoms with Crippen LogP contribution in [0.3, 0.4) is 0 Å². The first-order valence-electron chi connectivity index (χ1n) is 9.31. The highest BCUT2D eigenvalue weighted by Gasteiger charge is 2.32. The van der Waals surface area contributed by atoms with E-state index in [2.05, 4.69) is 0 Å². The van der Waals surface area contributed by atoms with Crippen LogP contribution in [-0.2, 0) is 10.0 Å². The van der Waals surface area contributed by atoms with Gasteiger partial charge in [0, 0.05) is 30.6 Å². The SMILES string of the molecule is COc1ccc(C(=O)C2CCN(S(=O)(=O)c3ccc(OC)c(OC)c3)CC2)cc1. The summed E-state index contributed by atoms with van der Waals surface area (Å²) in [7, 11) is 0.862. The molecule has 0 aliphatic carbocycles. The smallest absolute Gasteiger partial charge is 0.243 e. The molecule has 0 N–H and O–H groups in total. The first-order chi connectivity index (χ1) is 13.9. The predicted molar refractivity (Wildman–Crippen MR) is 108 cm³/mol. The van der Waals surface area contributed by atoms with E-state index in [0.717, 1.165) is 0 Å². The summed E-state index contributed by atoms with van der Waals surface area (Å²) in [5.41, 5.74) is 0.618. The van der Waals surface area contributed by atoms with Crippen LogP contribution in [0.4, 0.5) is 0 Å². The van der Waals surface area contributed by atoms with E-state index in [1.54, 1.807) is 37.4 Å². The summed E-state index contributed by atoms with van der Waals surface area (Å²) in [5.74, 6) is 1.36. The number of hydrogen-bond acceptors (Lipinski definition) is 6. The lowest BCUT2D eigenvalue weighted by molar-refractivity contribution is 0.0875. The van der Waals surface area contributed by atoms with E-state index >= 15 is 0 Å². The second-order valence-electron chi connectivity index (χ2n) is 6.79. The number of rotatable bonds is 7. The van der Waals surface area contributed by atoms with Crippen molar-refractivity contribution in [2.24, 2.45) is 5.92 Å². The van der Waals surface area contributed by atoms with Gasteiger partial charge in [-0.2, -0.15) is 4.31 Å². The molecule has 7 nitrogen and oxygen atoms in total. The Bertz CT molecular complexity index is 963. The molecule has 8 heteroatoms. The standard InChI is InChI=1S/C21H25NO6S/c1-26-17-6-4-15(5-7-17)21(23)16-10-12-22(13-11-16)29(24,25)18-8-9-19(27-2)20(14-18)28-3/h4-9,14,16H,10-13H2,1-3H3. The van der Waals surface area contributed by atoms with Gasteiger partial charge in [0.05, 0.1) is 26.2 Å². The van der Waals surface area contributed by atoms with Gasteiger partial charge in [-0.05, 0) is 49.2 Å². The van der Waals surface area contributed by atoms with E-state index in [0.29, 0.717) is 48.7 Å². The van der Waals surface area contributed by atoms with Crippen molar-refractivity contribution in [2.75, 3.05) is 34.4 Å². The minimum Gasteiger partial charge on any atom is -0.497 e. The molecule has 2 aromatic rings. The summed E-state index contributed by atoms with van der Waals surface area (Å²) in [4.78, 5) is 12.9. The quantitative estimate of drug-likeness (QED) is 0.642. The number of sulfonamides is 1. The van der Waals surface area contributed by atoms with Crippen molar-refractivity contribution in [3.8, 4) is 17.2 Å². The van der Waals surface area contributed by atoms with Crippen LogP contribution in [0.15, 0.2) is 47.4 Å². The van der Waals surface area contributed by atoms with Crippen molar-refractivity contribution < 1.29 is 27.4 Å². The summed E-state index contributed by atoms with van der Waals surface area (Å²) >= 11 is 0. The largest absolute Gasteiger partial charge is 0.497 e. The Balaban J connectivity index is 1.70. The van der Waals surface area contributed by atoms with Crippen LogP contribution in [0.2, 0.25) is 0 Å². The molecule has 1 fully saturated rings. The van der Waals surface area contributed by atoms with Gasteiger partial charge in [0.15, 0.2) is 17.3 Å². The molecule has 0 saturated carbocycles. The van der Waals surface area contributed by atoms with E-state index in [1.165, 1.54) is 30.7 Å². The van der Waals surface area contributed by atoms with Crippen LogP contribution in [-0.4, -0.2) is 52.9 Å². The van der Waals surface area contributed by atoms with Gasteiger partial charge in [-0.25, -0.2) is 8.42 Å². The van der Waals surface area contributed by atoms with Gasteiger partial charge < -0.3 is 14.2 Å². The molecule has 1 aliphatic rings. The Morgan fingerprint density at radius 2 is 1.52 bits per heavy atom. The highest BCUT2D eigenvalue weighted by atomic mass is 32.2. The van der Waals surface area contributed by atoms with Crippen LogP contribution in [0, 0.1) is 5.92 Å². The summed E-state index contributed by atoms with van der Waals surface area (Å²) in [5, 5.41) is 0. The Kier molecular flexibility index (Phi) is 6.44. The van der Waals surface area contributed by atoms with Crippen molar-refractivity contribution >= 4 is 15.8 Å². The van der Waals surface area contributed by atoms with E-state index in [-0.39, 0.29) is 16.6 Å². The maximum atomic E-state index is 13.0. The fourth-order valence-electron chi connectivity index (χ4n) is 3.48. The van der Waals surface area contributed by atoms with Gasteiger partial charge in [0.2, 0.25) is 10.0 Å². The number of carbonyl (C=O) groups excluding carboxylic acids is 1. The second-order valence-corrected chi connectivity index (χ2v) is 8.73. The lowest BCUT2D eigenvalue weighted by Crippen LogP contribution is -2.40. The molecule has 0 unspecified atom stereocenters. The number of Topliss-reactive ketones (excluding diaryl/α,β-unsaturated/α-hetero) is 1. The third kappa shape index (κ3) is 4.38. The highest BCUT2D eigenvalue weighted by Crippen LogP contribution is 2.32. The molecular formula is C21H25NO6S. The summed E-state index contributed by atoms with van der Waals surface area (Å²) in [6, 6.07) is 11.5. The van der Waals surface area contributed by atoms with Gasteiger partial charge in [0.1, 0.15) is 5.75 Å². The molecule has 1 aliphatic heterocycles. The third-order valence-corrected chi connectivity index (χ3v) is 7.09. The minimum atomic E-state index is -3.67. The number of piperidine rings is 1. The van der Waals surface area contributed by atoms with Crippen LogP contribution < -0.4 is 14.2 Å². The van der Waals surface area contributed by atoms with Gasteiger partial charge in [-0.3, -0.25) is 4.79 Å². The van der Waals surface area contributed by atoms with Gasteiger partial charge >= 0.3 is 0 Å². The molecule has 0 bridgehead atoms. The van der Waals surface area contributed by atoms with Crippen molar-refractivity contribution in [2.45, 2.75) is 17.7 Å².